The van der Waals surface area contributed by atoms with Crippen LogP contribution < -0.4 is 5.32 Å². The molecule has 0 aliphatic rings. The molecule has 1 aromatic carbocycles. The third kappa shape index (κ3) is 3.51. The van der Waals surface area contributed by atoms with Crippen molar-refractivity contribution in [3.8, 4) is 0 Å². The second kappa shape index (κ2) is 7.36. The molecule has 122 valence electrons. The van der Waals surface area contributed by atoms with E-state index in [2.05, 4.69) is 15.3 Å². The van der Waals surface area contributed by atoms with E-state index < -0.39 is 0 Å². The average Bonchev–Trinajstić information content (AvgIpc) is 3.02. The Bertz CT molecular complexity index is 776. The van der Waals surface area contributed by atoms with Crippen LogP contribution in [0.3, 0.4) is 0 Å². The summed E-state index contributed by atoms with van der Waals surface area (Å²) in [4.78, 5) is 22.3. The first-order valence-corrected chi connectivity index (χ1v) is 8.73. The Morgan fingerprint density at radius 3 is 2.54 bits per heavy atom. The lowest BCUT2D eigenvalue weighted by Crippen LogP contribution is -2.29. The maximum absolute atomic E-state index is 12.8. The largest absolute Gasteiger partial charge is 0.339 e. The van der Waals surface area contributed by atoms with E-state index in [4.69, 9.17) is 0 Å². The van der Waals surface area contributed by atoms with Gasteiger partial charge < -0.3 is 5.32 Å². The van der Waals surface area contributed by atoms with Crippen molar-refractivity contribution in [1.29, 1.82) is 0 Å². The summed E-state index contributed by atoms with van der Waals surface area (Å²) in [5.74, 6) is -0.107. The number of nitrogens with zero attached hydrogens (tertiary/aromatic N) is 2. The molecule has 3 rings (SSSR count). The fourth-order valence-electron chi connectivity index (χ4n) is 2.53. The van der Waals surface area contributed by atoms with Crippen LogP contribution in [-0.4, -0.2) is 15.9 Å². The number of hydrogen-bond acceptors (Lipinski definition) is 4. The van der Waals surface area contributed by atoms with Crippen molar-refractivity contribution in [2.24, 2.45) is 0 Å². The smallest absolute Gasteiger partial charge is 0.264 e. The molecule has 0 bridgehead atoms. The van der Waals surface area contributed by atoms with E-state index >= 15 is 0 Å². The highest BCUT2D eigenvalue weighted by Crippen LogP contribution is 2.23. The van der Waals surface area contributed by atoms with Crippen LogP contribution in [0.15, 0.2) is 54.7 Å². The summed E-state index contributed by atoms with van der Waals surface area (Å²) < 4.78 is 0. The Balaban J connectivity index is 1.92. The van der Waals surface area contributed by atoms with Gasteiger partial charge in [-0.3, -0.25) is 9.78 Å². The van der Waals surface area contributed by atoms with Crippen molar-refractivity contribution in [2.75, 3.05) is 0 Å². The number of aryl methyl sites for hydroxylation is 2. The molecule has 1 N–H and O–H groups in total. The zero-order chi connectivity index (χ0) is 16.9. The monoisotopic (exact) mass is 337 g/mol. The lowest BCUT2D eigenvalue weighted by molar-refractivity contribution is 0.0945. The molecule has 2 heterocycles. The fourth-order valence-corrected chi connectivity index (χ4v) is 3.44. The number of rotatable bonds is 5. The van der Waals surface area contributed by atoms with Crippen molar-refractivity contribution >= 4 is 17.2 Å². The van der Waals surface area contributed by atoms with Crippen molar-refractivity contribution in [1.82, 2.24) is 15.3 Å². The predicted molar refractivity (Wildman–Crippen MR) is 96.2 cm³/mol. The van der Waals surface area contributed by atoms with Gasteiger partial charge in [0.05, 0.1) is 22.4 Å². The Morgan fingerprint density at radius 2 is 1.92 bits per heavy atom. The number of carbonyl (C=O) groups is 1. The van der Waals surface area contributed by atoms with E-state index in [1.807, 2.05) is 62.4 Å². The molecule has 1 atom stereocenters. The first-order valence-electron chi connectivity index (χ1n) is 7.92. The summed E-state index contributed by atoms with van der Waals surface area (Å²) in [5.41, 5.74) is 2.60. The molecule has 1 amide bonds. The van der Waals surface area contributed by atoms with Crippen molar-refractivity contribution in [2.45, 2.75) is 26.3 Å². The Hall–Kier alpha value is -2.53. The second-order valence-corrected chi connectivity index (χ2v) is 6.53. The standard InChI is InChI=1S/C19H19N3OS/c1-3-16-21-13(2)18(24-16)19(23)22-17(14-9-5-4-6-10-14)15-11-7-8-12-20-15/h4-12,17H,3H2,1-2H3,(H,22,23). The number of amides is 1. The van der Waals surface area contributed by atoms with Crippen LogP contribution in [-0.2, 0) is 6.42 Å². The van der Waals surface area contributed by atoms with Crippen LogP contribution >= 0.6 is 11.3 Å². The average molecular weight is 337 g/mol. The normalized spacial score (nSPS) is 11.9. The zero-order valence-corrected chi connectivity index (χ0v) is 14.5. The van der Waals surface area contributed by atoms with Gasteiger partial charge in [0.15, 0.2) is 0 Å². The zero-order valence-electron chi connectivity index (χ0n) is 13.7. The van der Waals surface area contributed by atoms with Gasteiger partial charge in [-0.15, -0.1) is 11.3 Å². The van der Waals surface area contributed by atoms with Crippen molar-refractivity contribution in [3.05, 3.63) is 81.6 Å². The molecule has 3 aromatic rings. The minimum Gasteiger partial charge on any atom is -0.339 e. The lowest BCUT2D eigenvalue weighted by atomic mass is 10.0. The number of aromatic nitrogens is 2. The fraction of sp³-hybridized carbons (Fsp3) is 0.211. The van der Waals surface area contributed by atoms with E-state index in [-0.39, 0.29) is 11.9 Å². The summed E-state index contributed by atoms with van der Waals surface area (Å²) in [6.07, 6.45) is 2.58. The first-order chi connectivity index (χ1) is 11.7. The summed E-state index contributed by atoms with van der Waals surface area (Å²) in [7, 11) is 0. The van der Waals surface area contributed by atoms with Gasteiger partial charge in [-0.05, 0) is 31.0 Å². The topological polar surface area (TPSA) is 54.9 Å². The van der Waals surface area contributed by atoms with Gasteiger partial charge in [-0.2, -0.15) is 0 Å². The van der Waals surface area contributed by atoms with Gasteiger partial charge in [-0.1, -0.05) is 43.3 Å². The van der Waals surface area contributed by atoms with E-state index in [0.717, 1.165) is 28.4 Å². The van der Waals surface area contributed by atoms with Crippen LogP contribution in [0, 0.1) is 6.92 Å². The Kier molecular flexibility index (Phi) is 5.01. The first kappa shape index (κ1) is 16.3. The van der Waals surface area contributed by atoms with Crippen LogP contribution in [0.5, 0.6) is 0 Å². The predicted octanol–water partition coefficient (Wildman–Crippen LogP) is 3.93. The van der Waals surface area contributed by atoms with E-state index in [9.17, 15) is 4.79 Å². The molecule has 0 saturated carbocycles. The number of thiazole rings is 1. The highest BCUT2D eigenvalue weighted by Gasteiger charge is 2.21. The summed E-state index contributed by atoms with van der Waals surface area (Å²) in [6.45, 7) is 3.92. The minimum absolute atomic E-state index is 0.107. The number of pyridine rings is 1. The minimum atomic E-state index is -0.286. The molecule has 0 radical (unpaired) electrons. The number of carbonyl (C=O) groups excluding carboxylic acids is 1. The molecule has 0 saturated heterocycles. The summed E-state index contributed by atoms with van der Waals surface area (Å²) >= 11 is 1.46. The SMILES string of the molecule is CCc1nc(C)c(C(=O)NC(c2ccccc2)c2ccccn2)s1. The molecular formula is C19H19N3OS. The maximum atomic E-state index is 12.8. The number of nitrogens with one attached hydrogen (secondary N) is 1. The quantitative estimate of drug-likeness (QED) is 0.767. The highest BCUT2D eigenvalue weighted by atomic mass is 32.1. The summed E-state index contributed by atoms with van der Waals surface area (Å²) in [6, 6.07) is 15.3. The molecule has 5 heteroatoms. The van der Waals surface area contributed by atoms with Gasteiger partial charge in [0, 0.05) is 6.20 Å². The molecule has 0 fully saturated rings. The molecule has 0 spiro atoms. The van der Waals surface area contributed by atoms with Gasteiger partial charge in [0.2, 0.25) is 0 Å². The molecule has 0 aliphatic heterocycles. The molecule has 2 aromatic heterocycles. The van der Waals surface area contributed by atoms with Crippen LogP contribution in [0.2, 0.25) is 0 Å². The highest BCUT2D eigenvalue weighted by molar-refractivity contribution is 7.13. The van der Waals surface area contributed by atoms with Gasteiger partial charge in [0.1, 0.15) is 4.88 Å². The van der Waals surface area contributed by atoms with Gasteiger partial charge in [0.25, 0.3) is 5.91 Å². The van der Waals surface area contributed by atoms with Gasteiger partial charge >= 0.3 is 0 Å². The number of benzene rings is 1. The Morgan fingerprint density at radius 1 is 1.17 bits per heavy atom. The van der Waals surface area contributed by atoms with Crippen molar-refractivity contribution in [3.63, 3.8) is 0 Å². The van der Waals surface area contributed by atoms with Crippen LogP contribution in [0.1, 0.15) is 44.6 Å². The van der Waals surface area contributed by atoms with Gasteiger partial charge in [-0.25, -0.2) is 4.98 Å². The lowest BCUT2D eigenvalue weighted by Gasteiger charge is -2.18. The summed E-state index contributed by atoms with van der Waals surface area (Å²) in [5, 5.41) is 4.09. The van der Waals surface area contributed by atoms with Crippen LogP contribution in [0.4, 0.5) is 0 Å². The van der Waals surface area contributed by atoms with Crippen molar-refractivity contribution < 1.29 is 4.79 Å². The van der Waals surface area contributed by atoms with E-state index in [1.165, 1.54) is 11.3 Å². The molecule has 0 aliphatic carbocycles. The van der Waals surface area contributed by atoms with Crippen LogP contribution in [0.25, 0.3) is 0 Å². The van der Waals surface area contributed by atoms with E-state index in [1.54, 1.807) is 6.20 Å². The number of hydrogen-bond donors (Lipinski definition) is 1. The second-order valence-electron chi connectivity index (χ2n) is 5.45. The Labute approximate surface area is 145 Å². The molecule has 1 unspecified atom stereocenters. The molecular weight excluding hydrogens is 318 g/mol. The van der Waals surface area contributed by atoms with E-state index in [0.29, 0.717) is 4.88 Å². The third-order valence-electron chi connectivity index (χ3n) is 3.74. The molecule has 24 heavy (non-hydrogen) atoms. The molecule has 4 nitrogen and oxygen atoms in total. The maximum Gasteiger partial charge on any atom is 0.264 e. The third-order valence-corrected chi connectivity index (χ3v) is 5.04.